The van der Waals surface area contributed by atoms with Crippen molar-refractivity contribution in [2.24, 2.45) is 17.8 Å². The lowest BCUT2D eigenvalue weighted by molar-refractivity contribution is -0.152. The molecule has 14 nitrogen and oxygen atoms in total. The highest BCUT2D eigenvalue weighted by Gasteiger charge is 2.64. The topological polar surface area (TPSA) is 182 Å². The Morgan fingerprint density at radius 2 is 1.81 bits per heavy atom. The van der Waals surface area contributed by atoms with Crippen LogP contribution >= 0.6 is 0 Å². The Balaban J connectivity index is 1.37. The fourth-order valence-electron chi connectivity index (χ4n) is 7.84. The summed E-state index contributed by atoms with van der Waals surface area (Å²) in [6, 6.07) is 1.17. The zero-order valence-electron chi connectivity index (χ0n) is 33.8. The lowest BCUT2D eigenvalue weighted by Crippen LogP contribution is -2.60. The number of methoxy groups -OCH3 is 1. The average Bonchev–Trinajstić information content (AvgIpc) is 4.06. The number of nitrogens with one attached hydrogen (secondary N) is 3. The van der Waals surface area contributed by atoms with Crippen LogP contribution in [0.2, 0.25) is 0 Å². The normalized spacial score (nSPS) is 29.2. The molecule has 6 rings (SSSR count). The van der Waals surface area contributed by atoms with E-state index in [9.17, 15) is 45.2 Å². The van der Waals surface area contributed by atoms with Crippen LogP contribution in [0, 0.1) is 23.6 Å². The summed E-state index contributed by atoms with van der Waals surface area (Å²) in [4.78, 5) is 61.9. The summed E-state index contributed by atoms with van der Waals surface area (Å²) >= 11 is 0. The van der Waals surface area contributed by atoms with Crippen LogP contribution in [0.15, 0.2) is 36.5 Å². The van der Waals surface area contributed by atoms with Gasteiger partial charge >= 0.3 is 6.09 Å². The van der Waals surface area contributed by atoms with Gasteiger partial charge in [0.25, 0.3) is 11.8 Å². The number of halogens is 4. The summed E-state index contributed by atoms with van der Waals surface area (Å²) in [5.41, 5.74) is -4.04. The Bertz CT molecular complexity index is 2130. The van der Waals surface area contributed by atoms with E-state index in [1.165, 1.54) is 25.4 Å². The Kier molecular flexibility index (Phi) is 11.9. The summed E-state index contributed by atoms with van der Waals surface area (Å²) < 4.78 is 101. The van der Waals surface area contributed by atoms with Gasteiger partial charge in [0.2, 0.25) is 27.7 Å². The van der Waals surface area contributed by atoms with Gasteiger partial charge < -0.3 is 29.7 Å². The van der Waals surface area contributed by atoms with Crippen molar-refractivity contribution in [1.29, 1.82) is 0 Å². The number of fused-ring (bicyclic) bond motifs is 3. The molecule has 2 saturated carbocycles. The van der Waals surface area contributed by atoms with Gasteiger partial charge in [0.15, 0.2) is 5.60 Å². The van der Waals surface area contributed by atoms with Gasteiger partial charge in [0, 0.05) is 36.9 Å². The molecular formula is C40H51F4N5O9S. The highest BCUT2D eigenvalue weighted by Crippen LogP contribution is 2.48. The molecule has 0 spiro atoms. The van der Waals surface area contributed by atoms with Gasteiger partial charge in [-0.05, 0) is 76.3 Å². The molecule has 0 bridgehead atoms. The average molecular weight is 854 g/mol. The minimum absolute atomic E-state index is 0.00753. The van der Waals surface area contributed by atoms with Gasteiger partial charge in [-0.3, -0.25) is 19.1 Å². The van der Waals surface area contributed by atoms with Crippen LogP contribution in [0.4, 0.5) is 22.4 Å². The quantitative estimate of drug-likeness (QED) is 0.215. The number of rotatable bonds is 10. The zero-order valence-corrected chi connectivity index (χ0v) is 34.6. The number of pyridine rings is 1. The van der Waals surface area contributed by atoms with Crippen LogP contribution in [0.5, 0.6) is 11.6 Å². The van der Waals surface area contributed by atoms with Gasteiger partial charge in [0.1, 0.15) is 46.7 Å². The zero-order chi connectivity index (χ0) is 43.3. The van der Waals surface area contributed by atoms with E-state index in [1.807, 2.05) is 17.7 Å². The number of nitrogens with zero attached hydrogens (tertiary/aromatic N) is 2. The second kappa shape index (κ2) is 16.1. The number of allylic oxidation sites excluding steroid dienone is 1. The first-order valence-electron chi connectivity index (χ1n) is 19.6. The summed E-state index contributed by atoms with van der Waals surface area (Å²) in [5.74, 6) is -7.95. The number of amides is 4. The van der Waals surface area contributed by atoms with Gasteiger partial charge in [-0.2, -0.15) is 0 Å². The second-order valence-corrected chi connectivity index (χ2v) is 19.1. The van der Waals surface area contributed by atoms with Gasteiger partial charge in [-0.15, -0.1) is 0 Å². The highest BCUT2D eigenvalue weighted by atomic mass is 32.2. The number of benzene rings is 1. The van der Waals surface area contributed by atoms with E-state index >= 15 is 0 Å². The van der Waals surface area contributed by atoms with E-state index in [4.69, 9.17) is 14.2 Å². The molecule has 0 unspecified atom stereocenters. The fourth-order valence-corrected chi connectivity index (χ4v) is 9.27. The van der Waals surface area contributed by atoms with Crippen LogP contribution in [-0.4, -0.2) is 102 Å². The maximum atomic E-state index is 14.8. The molecule has 0 radical (unpaired) electrons. The van der Waals surface area contributed by atoms with Gasteiger partial charge in [-0.25, -0.2) is 35.8 Å². The highest BCUT2D eigenvalue weighted by molar-refractivity contribution is 7.91. The SMILES string of the molecule is COc1cc(F)cc2c(O[C@@H]3C[C@H]4C(=O)N[C@]5(C(=O)NS(=O)(=O)C6(CF)CC6)C[C@H]5/C=C\CC[C@@H](C)C[C@@H](C)[C@H](NC(=O)OC(C)(C)C(C)(F)F)C(=O)N4C3)nccc12. The van der Waals surface area contributed by atoms with E-state index in [2.05, 4.69) is 15.6 Å². The van der Waals surface area contributed by atoms with Crippen molar-refractivity contribution in [1.82, 2.24) is 25.2 Å². The standard InChI is InChI=1S/C40H51F4N5O9S/c1-22-9-7-8-10-24-19-40(24,35(52)48-59(54,55)39(21-41)12-13-39)47-32(50)29-18-26(57-33-28-16-25(42)17-30(56-6)27(28)11-14-45-33)20-49(29)34(51)31(23(2)15-22)46-36(53)58-37(3,4)38(5,43)44/h8,10-11,14,16-17,22-24,26,29,31H,7,9,12-13,15,18-21H2,1-6H3,(H,46,53)(H,47,50)(H,48,52)/b10-8-/t22-,23-,24-,26-,29+,31+,40-/m1/s1. The molecule has 4 amide bonds. The van der Waals surface area contributed by atoms with Crippen LogP contribution in [0.3, 0.4) is 0 Å². The summed E-state index contributed by atoms with van der Waals surface area (Å²) in [6.07, 6.45) is 4.00. The third-order valence-corrected chi connectivity index (χ3v) is 14.3. The Hall–Kier alpha value is -4.68. The van der Waals surface area contributed by atoms with E-state index in [1.54, 1.807) is 19.1 Å². The molecule has 1 saturated heterocycles. The second-order valence-electron chi connectivity index (χ2n) is 17.1. The first-order chi connectivity index (χ1) is 27.6. The first-order valence-corrected chi connectivity index (χ1v) is 21.1. The molecule has 3 fully saturated rings. The lowest BCUT2D eigenvalue weighted by atomic mass is 9.88. The van der Waals surface area contributed by atoms with Crippen molar-refractivity contribution in [3.05, 3.63) is 42.4 Å². The molecular weight excluding hydrogens is 803 g/mol. The minimum atomic E-state index is -4.47. The monoisotopic (exact) mass is 853 g/mol. The third-order valence-electron chi connectivity index (χ3n) is 12.2. The third kappa shape index (κ3) is 8.80. The fraction of sp³-hybridized carbons (Fsp3) is 0.625. The number of hydrogen-bond donors (Lipinski definition) is 3. The van der Waals surface area contributed by atoms with Crippen LogP contribution in [0.25, 0.3) is 10.8 Å². The van der Waals surface area contributed by atoms with E-state index < -0.39 is 98.2 Å². The number of hydrogen-bond acceptors (Lipinski definition) is 10. The van der Waals surface area contributed by atoms with E-state index in [-0.39, 0.29) is 55.2 Å². The number of carbonyl (C=O) groups excluding carboxylic acids is 4. The van der Waals surface area contributed by atoms with Crippen molar-refractivity contribution in [2.75, 3.05) is 20.3 Å². The number of carbonyl (C=O) groups is 4. The van der Waals surface area contributed by atoms with Crippen LogP contribution < -0.4 is 24.8 Å². The van der Waals surface area contributed by atoms with Crippen molar-refractivity contribution >= 4 is 44.6 Å². The first kappa shape index (κ1) is 43.9. The molecule has 2 aromatic rings. The number of alkyl carbamates (subject to hydrolysis) is 1. The molecule has 1 aromatic heterocycles. The molecule has 7 atom stereocenters. The molecule has 1 aromatic carbocycles. The molecule has 59 heavy (non-hydrogen) atoms. The number of ether oxygens (including phenoxy) is 3. The van der Waals surface area contributed by atoms with Crippen LogP contribution in [0.1, 0.15) is 79.6 Å². The Morgan fingerprint density at radius 3 is 2.46 bits per heavy atom. The van der Waals surface area contributed by atoms with Crippen molar-refractivity contribution in [2.45, 2.75) is 120 Å². The van der Waals surface area contributed by atoms with Crippen molar-refractivity contribution in [3.8, 4) is 11.6 Å². The van der Waals surface area contributed by atoms with Gasteiger partial charge in [0.05, 0.1) is 19.0 Å². The molecule has 19 heteroatoms. The largest absolute Gasteiger partial charge is 0.496 e. The molecule has 3 N–H and O–H groups in total. The smallest absolute Gasteiger partial charge is 0.408 e. The summed E-state index contributed by atoms with van der Waals surface area (Å²) in [6.45, 7) is 4.80. The molecule has 2 aliphatic carbocycles. The van der Waals surface area contributed by atoms with E-state index in [0.29, 0.717) is 31.6 Å². The predicted molar refractivity (Wildman–Crippen MR) is 206 cm³/mol. The van der Waals surface area contributed by atoms with Crippen LogP contribution in [-0.2, 0) is 29.1 Å². The number of sulfonamides is 1. The summed E-state index contributed by atoms with van der Waals surface area (Å²) in [7, 11) is -3.10. The Labute approximate surface area is 340 Å². The van der Waals surface area contributed by atoms with E-state index in [0.717, 1.165) is 18.7 Å². The molecule has 2 aliphatic heterocycles. The predicted octanol–water partition coefficient (Wildman–Crippen LogP) is 5.09. The maximum Gasteiger partial charge on any atom is 0.408 e. The lowest BCUT2D eigenvalue weighted by Gasteiger charge is -2.35. The number of alkyl halides is 3. The number of aromatic nitrogens is 1. The maximum absolute atomic E-state index is 14.8. The molecule has 3 heterocycles. The molecule has 324 valence electrons. The van der Waals surface area contributed by atoms with Gasteiger partial charge in [-0.1, -0.05) is 26.0 Å². The van der Waals surface area contributed by atoms with Crippen molar-refractivity contribution in [3.63, 3.8) is 0 Å². The Morgan fingerprint density at radius 1 is 1.10 bits per heavy atom. The van der Waals surface area contributed by atoms with Crippen molar-refractivity contribution < 1.29 is 59.4 Å². The minimum Gasteiger partial charge on any atom is -0.496 e. The summed E-state index contributed by atoms with van der Waals surface area (Å²) in [5, 5.41) is 5.89. The molecule has 4 aliphatic rings.